The van der Waals surface area contributed by atoms with E-state index in [-0.39, 0.29) is 16.7 Å². The van der Waals surface area contributed by atoms with Crippen LogP contribution in [-0.4, -0.2) is 0 Å². The van der Waals surface area contributed by atoms with Crippen molar-refractivity contribution < 1.29 is 0 Å². The average molecular weight is 758 g/mol. The number of rotatable bonds is 6. The maximum atomic E-state index is 2.56. The van der Waals surface area contributed by atoms with Gasteiger partial charge in [0.15, 0.2) is 0 Å². The molecule has 0 fully saturated rings. The van der Waals surface area contributed by atoms with Crippen molar-refractivity contribution in [2.24, 2.45) is 0 Å². The van der Waals surface area contributed by atoms with Crippen molar-refractivity contribution >= 4 is 27.8 Å². The summed E-state index contributed by atoms with van der Waals surface area (Å²) in [5.74, 6) is 0.278. The fourth-order valence-corrected chi connectivity index (χ4v) is 10.6. The van der Waals surface area contributed by atoms with E-state index < -0.39 is 0 Å². The van der Waals surface area contributed by atoms with Crippen LogP contribution in [0.2, 0.25) is 0 Å². The number of hydrogen-bond acceptors (Lipinski definition) is 1. The first-order valence-electron chi connectivity index (χ1n) is 21.1. The first kappa shape index (κ1) is 35.5. The molecule has 0 aliphatic heterocycles. The standard InChI is InChI=1S/C58H47N/c1-57(2)50-27-15-13-23-45(50)47-32-30-40(36-52(47)57)42-34-35-54(49-25-12-11-22-44(42)49)59(41-31-33-48-46-24-14-16-28-51(46)58(3,4)53(48)37-41)55-29-17-26-43(38-18-7-5-8-19-38)56(55)39-20-9-6-10-21-39/h5-18,20-38H,19H2,1-4H3. The molecule has 1 nitrogen and oxygen atoms in total. The molecular weight excluding hydrogens is 711 g/mol. The highest BCUT2D eigenvalue weighted by molar-refractivity contribution is 6.08. The topological polar surface area (TPSA) is 3.24 Å². The highest BCUT2D eigenvalue weighted by Gasteiger charge is 2.37. The monoisotopic (exact) mass is 757 g/mol. The smallest absolute Gasteiger partial charge is 0.0543 e. The Bertz CT molecular complexity index is 3030. The van der Waals surface area contributed by atoms with E-state index in [0.717, 1.165) is 12.1 Å². The van der Waals surface area contributed by atoms with Gasteiger partial charge in [0, 0.05) is 33.4 Å². The van der Waals surface area contributed by atoms with Gasteiger partial charge in [0.1, 0.15) is 0 Å². The Kier molecular flexibility index (Phi) is 8.07. The lowest BCUT2D eigenvalue weighted by Crippen LogP contribution is -2.17. The molecule has 0 spiro atoms. The Morgan fingerprint density at radius 2 is 1.05 bits per heavy atom. The molecule has 8 aromatic rings. The Morgan fingerprint density at radius 3 is 1.76 bits per heavy atom. The summed E-state index contributed by atoms with van der Waals surface area (Å²) in [5.41, 5.74) is 20.6. The van der Waals surface area contributed by atoms with Gasteiger partial charge in [-0.2, -0.15) is 0 Å². The molecule has 11 rings (SSSR count). The molecule has 1 atom stereocenters. The Labute approximate surface area is 348 Å². The summed E-state index contributed by atoms with van der Waals surface area (Å²) in [7, 11) is 0. The SMILES string of the molecule is CC1(C)c2ccccc2-c2ccc(-c3ccc(N(c4ccc5c(c4)C(C)(C)c4ccccc4-5)c4cccc(C5C=CC=CC5)c4-c4ccccc4)c4ccccc34)cc21. The van der Waals surface area contributed by atoms with Crippen molar-refractivity contribution in [2.75, 3.05) is 4.90 Å². The van der Waals surface area contributed by atoms with E-state index in [9.17, 15) is 0 Å². The maximum Gasteiger partial charge on any atom is 0.0543 e. The van der Waals surface area contributed by atoms with Crippen LogP contribution in [0, 0.1) is 0 Å². The van der Waals surface area contributed by atoms with Crippen LogP contribution in [0.25, 0.3) is 55.3 Å². The molecule has 0 bridgehead atoms. The molecule has 1 unspecified atom stereocenters. The summed E-state index contributed by atoms with van der Waals surface area (Å²) in [6.45, 7) is 9.50. The van der Waals surface area contributed by atoms with E-state index in [2.05, 4.69) is 227 Å². The summed E-state index contributed by atoms with van der Waals surface area (Å²) < 4.78 is 0. The van der Waals surface area contributed by atoms with Crippen LogP contribution in [0.15, 0.2) is 194 Å². The van der Waals surface area contributed by atoms with Gasteiger partial charge in [-0.3, -0.25) is 0 Å². The van der Waals surface area contributed by atoms with Crippen molar-refractivity contribution in [3.05, 3.63) is 222 Å². The quantitative estimate of drug-likeness (QED) is 0.163. The van der Waals surface area contributed by atoms with Crippen LogP contribution >= 0.6 is 0 Å². The zero-order chi connectivity index (χ0) is 39.9. The van der Waals surface area contributed by atoms with Crippen LogP contribution < -0.4 is 4.90 Å². The second kappa shape index (κ2) is 13.4. The van der Waals surface area contributed by atoms with E-state index in [1.54, 1.807) is 0 Å². The van der Waals surface area contributed by atoms with Crippen molar-refractivity contribution in [1.29, 1.82) is 0 Å². The molecule has 59 heavy (non-hydrogen) atoms. The molecule has 0 heterocycles. The largest absolute Gasteiger partial charge is 0.309 e. The third kappa shape index (κ3) is 5.45. The number of anilines is 3. The van der Waals surface area contributed by atoms with Crippen LogP contribution in [0.4, 0.5) is 17.1 Å². The van der Waals surface area contributed by atoms with E-state index in [4.69, 9.17) is 0 Å². The zero-order valence-electron chi connectivity index (χ0n) is 34.2. The second-order valence-corrected chi connectivity index (χ2v) is 17.6. The number of hydrogen-bond donors (Lipinski definition) is 0. The first-order chi connectivity index (χ1) is 28.8. The van der Waals surface area contributed by atoms with Gasteiger partial charge in [-0.1, -0.05) is 192 Å². The van der Waals surface area contributed by atoms with Crippen LogP contribution in [0.3, 0.4) is 0 Å². The third-order valence-corrected chi connectivity index (χ3v) is 13.6. The summed E-state index contributed by atoms with van der Waals surface area (Å²) >= 11 is 0. The molecule has 0 N–H and O–H groups in total. The molecule has 8 aromatic carbocycles. The predicted molar refractivity (Wildman–Crippen MR) is 250 cm³/mol. The molecule has 1 heteroatoms. The average Bonchev–Trinajstić information content (AvgIpc) is 3.66. The Balaban J connectivity index is 1.15. The van der Waals surface area contributed by atoms with E-state index in [1.807, 2.05) is 0 Å². The third-order valence-electron chi connectivity index (χ3n) is 13.6. The Morgan fingerprint density at radius 1 is 0.441 bits per heavy atom. The van der Waals surface area contributed by atoms with E-state index in [0.29, 0.717) is 0 Å². The number of benzene rings is 8. The summed E-state index contributed by atoms with van der Waals surface area (Å²) in [6.07, 6.45) is 10.0. The molecular formula is C58H47N. The molecule has 0 saturated carbocycles. The first-order valence-corrected chi connectivity index (χ1v) is 21.1. The zero-order valence-corrected chi connectivity index (χ0v) is 34.2. The second-order valence-electron chi connectivity index (χ2n) is 17.6. The lowest BCUT2D eigenvalue weighted by Gasteiger charge is -2.32. The van der Waals surface area contributed by atoms with Crippen molar-refractivity contribution in [1.82, 2.24) is 0 Å². The molecule has 3 aliphatic rings. The van der Waals surface area contributed by atoms with Gasteiger partial charge in [-0.05, 0) is 109 Å². The van der Waals surface area contributed by atoms with Gasteiger partial charge in [0.25, 0.3) is 0 Å². The highest BCUT2D eigenvalue weighted by Crippen LogP contribution is 2.54. The molecule has 3 aliphatic carbocycles. The lowest BCUT2D eigenvalue weighted by molar-refractivity contribution is 0.660. The normalized spacial score (nSPS) is 16.4. The van der Waals surface area contributed by atoms with Gasteiger partial charge in [-0.25, -0.2) is 0 Å². The minimum Gasteiger partial charge on any atom is -0.309 e. The number of nitrogens with zero attached hydrogens (tertiary/aromatic N) is 1. The predicted octanol–water partition coefficient (Wildman–Crippen LogP) is 15.9. The van der Waals surface area contributed by atoms with Gasteiger partial charge in [-0.15, -0.1) is 0 Å². The van der Waals surface area contributed by atoms with Gasteiger partial charge >= 0.3 is 0 Å². The summed E-state index contributed by atoms with van der Waals surface area (Å²) in [6, 6.07) is 64.0. The molecule has 0 amide bonds. The molecule has 0 saturated heterocycles. The Hall–Kier alpha value is -6.70. The van der Waals surface area contributed by atoms with Crippen LogP contribution in [0.1, 0.15) is 67.9 Å². The highest BCUT2D eigenvalue weighted by atomic mass is 15.1. The van der Waals surface area contributed by atoms with Gasteiger partial charge < -0.3 is 4.90 Å². The van der Waals surface area contributed by atoms with Gasteiger partial charge in [0.2, 0.25) is 0 Å². The lowest BCUT2D eigenvalue weighted by atomic mass is 9.81. The van der Waals surface area contributed by atoms with Crippen molar-refractivity contribution in [2.45, 2.75) is 50.9 Å². The van der Waals surface area contributed by atoms with Crippen LogP contribution in [-0.2, 0) is 10.8 Å². The van der Waals surface area contributed by atoms with Crippen molar-refractivity contribution in [3.63, 3.8) is 0 Å². The minimum atomic E-state index is -0.135. The van der Waals surface area contributed by atoms with Crippen molar-refractivity contribution in [3.8, 4) is 44.5 Å². The van der Waals surface area contributed by atoms with E-state index >= 15 is 0 Å². The maximum absolute atomic E-state index is 2.56. The number of fused-ring (bicyclic) bond motifs is 7. The molecule has 284 valence electrons. The minimum absolute atomic E-state index is 0.0718. The van der Waals surface area contributed by atoms with Crippen LogP contribution in [0.5, 0.6) is 0 Å². The summed E-state index contributed by atoms with van der Waals surface area (Å²) in [4.78, 5) is 2.56. The van der Waals surface area contributed by atoms with Gasteiger partial charge in [0.05, 0.1) is 11.4 Å². The number of allylic oxidation sites excluding steroid dienone is 4. The molecule has 0 aromatic heterocycles. The fraction of sp³-hybridized carbons (Fsp3) is 0.138. The summed E-state index contributed by atoms with van der Waals surface area (Å²) in [5, 5.41) is 2.47. The fourth-order valence-electron chi connectivity index (χ4n) is 10.6. The molecule has 0 radical (unpaired) electrons. The van der Waals surface area contributed by atoms with E-state index in [1.165, 1.54) is 94.5 Å².